The lowest BCUT2D eigenvalue weighted by molar-refractivity contribution is -0.125. The molecule has 2 aromatic carbocycles. The van der Waals surface area contributed by atoms with Crippen LogP contribution in [0.25, 0.3) is 0 Å². The largest absolute Gasteiger partial charge is 0.457 e. The maximum Gasteiger partial charge on any atom is 0.224 e. The van der Waals surface area contributed by atoms with Gasteiger partial charge in [0.2, 0.25) is 11.8 Å². The van der Waals surface area contributed by atoms with Gasteiger partial charge in [-0.2, -0.15) is 0 Å². The summed E-state index contributed by atoms with van der Waals surface area (Å²) in [6.45, 7) is 4.44. The van der Waals surface area contributed by atoms with Crippen molar-refractivity contribution in [2.75, 3.05) is 5.32 Å². The number of anilines is 1. The molecular weight excluding hydrogens is 364 g/mol. The van der Waals surface area contributed by atoms with E-state index in [-0.39, 0.29) is 30.7 Å². The summed E-state index contributed by atoms with van der Waals surface area (Å²) in [5, 5.41) is 5.95. The summed E-state index contributed by atoms with van der Waals surface area (Å²) in [6, 6.07) is 17.0. The molecule has 0 saturated heterocycles. The van der Waals surface area contributed by atoms with Gasteiger partial charge in [0.15, 0.2) is 0 Å². The smallest absolute Gasteiger partial charge is 0.224 e. The van der Waals surface area contributed by atoms with Crippen molar-refractivity contribution in [3.8, 4) is 11.5 Å². The maximum atomic E-state index is 12.2. The van der Waals surface area contributed by atoms with Crippen LogP contribution in [0.4, 0.5) is 5.69 Å². The minimum atomic E-state index is -0.165. The summed E-state index contributed by atoms with van der Waals surface area (Å²) in [4.78, 5) is 24.4. The average molecular weight is 395 g/mol. The highest BCUT2D eigenvalue weighted by molar-refractivity contribution is 5.93. The van der Waals surface area contributed by atoms with E-state index in [1.165, 1.54) is 6.42 Å². The van der Waals surface area contributed by atoms with Gasteiger partial charge in [-0.1, -0.05) is 44.9 Å². The van der Waals surface area contributed by atoms with E-state index < -0.39 is 0 Å². The number of rotatable bonds is 7. The minimum Gasteiger partial charge on any atom is -0.457 e. The molecule has 0 aliphatic heterocycles. The Hall–Kier alpha value is -2.82. The molecule has 3 atom stereocenters. The van der Waals surface area contributed by atoms with Crippen LogP contribution in [0.1, 0.15) is 46.0 Å². The van der Waals surface area contributed by atoms with Crippen molar-refractivity contribution in [1.82, 2.24) is 5.32 Å². The Labute approximate surface area is 172 Å². The van der Waals surface area contributed by atoms with Crippen LogP contribution in [-0.2, 0) is 9.59 Å². The van der Waals surface area contributed by atoms with E-state index in [1.807, 2.05) is 30.3 Å². The summed E-state index contributed by atoms with van der Waals surface area (Å²) in [5.74, 6) is 2.37. The summed E-state index contributed by atoms with van der Waals surface area (Å²) >= 11 is 0. The fourth-order valence-corrected chi connectivity index (χ4v) is 3.75. The topological polar surface area (TPSA) is 67.4 Å². The van der Waals surface area contributed by atoms with E-state index in [0.29, 0.717) is 23.3 Å². The molecule has 2 aromatic rings. The average Bonchev–Trinajstić information content (AvgIpc) is 2.72. The molecule has 2 amide bonds. The molecule has 1 fully saturated rings. The molecule has 29 heavy (non-hydrogen) atoms. The fourth-order valence-electron chi connectivity index (χ4n) is 3.75. The van der Waals surface area contributed by atoms with Crippen LogP contribution in [0.2, 0.25) is 0 Å². The number of hydrogen-bond acceptors (Lipinski definition) is 3. The predicted molar refractivity (Wildman–Crippen MR) is 115 cm³/mol. The van der Waals surface area contributed by atoms with E-state index in [2.05, 4.69) is 24.5 Å². The number of ether oxygens (including phenoxy) is 1. The third-order valence-corrected chi connectivity index (χ3v) is 5.75. The number of carbonyl (C=O) groups is 2. The van der Waals surface area contributed by atoms with E-state index >= 15 is 0 Å². The Morgan fingerprint density at radius 1 is 0.897 bits per heavy atom. The van der Waals surface area contributed by atoms with Gasteiger partial charge in [-0.25, -0.2) is 0 Å². The zero-order valence-corrected chi connectivity index (χ0v) is 17.2. The summed E-state index contributed by atoms with van der Waals surface area (Å²) in [6.07, 6.45) is 3.79. The van der Waals surface area contributed by atoms with Gasteiger partial charge in [-0.3, -0.25) is 9.59 Å². The van der Waals surface area contributed by atoms with E-state index in [1.54, 1.807) is 24.3 Å². The zero-order chi connectivity index (χ0) is 20.6. The predicted octanol–water partition coefficient (Wildman–Crippen LogP) is 5.14. The van der Waals surface area contributed by atoms with Crippen LogP contribution >= 0.6 is 0 Å². The fraction of sp³-hybridized carbons (Fsp3) is 0.417. The first-order valence-electron chi connectivity index (χ1n) is 10.4. The highest BCUT2D eigenvalue weighted by Gasteiger charge is 2.28. The summed E-state index contributed by atoms with van der Waals surface area (Å²) < 4.78 is 5.74. The number of hydrogen-bond donors (Lipinski definition) is 2. The molecular formula is C24H30N2O3. The summed E-state index contributed by atoms with van der Waals surface area (Å²) in [7, 11) is 0. The molecule has 1 saturated carbocycles. The molecule has 0 unspecified atom stereocenters. The molecule has 5 nitrogen and oxygen atoms in total. The van der Waals surface area contributed by atoms with Gasteiger partial charge in [0, 0.05) is 24.6 Å². The van der Waals surface area contributed by atoms with Gasteiger partial charge in [0.1, 0.15) is 11.5 Å². The van der Waals surface area contributed by atoms with Crippen molar-refractivity contribution < 1.29 is 14.3 Å². The Kier molecular flexibility index (Phi) is 7.28. The van der Waals surface area contributed by atoms with Crippen LogP contribution in [0.15, 0.2) is 54.6 Å². The van der Waals surface area contributed by atoms with Crippen molar-refractivity contribution in [2.24, 2.45) is 11.8 Å². The Bertz CT molecular complexity index is 805. The normalized spacial score (nSPS) is 21.2. The van der Waals surface area contributed by atoms with Gasteiger partial charge in [0.25, 0.3) is 0 Å². The minimum absolute atomic E-state index is 0.0438. The molecule has 1 aliphatic carbocycles. The summed E-state index contributed by atoms with van der Waals surface area (Å²) in [5.41, 5.74) is 0.686. The van der Waals surface area contributed by atoms with E-state index in [4.69, 9.17) is 4.74 Å². The van der Waals surface area contributed by atoms with Crippen LogP contribution in [0.5, 0.6) is 11.5 Å². The third kappa shape index (κ3) is 6.34. The molecule has 0 heterocycles. The lowest BCUT2D eigenvalue weighted by Crippen LogP contribution is -2.43. The Morgan fingerprint density at radius 2 is 1.55 bits per heavy atom. The molecule has 0 aromatic heterocycles. The van der Waals surface area contributed by atoms with Gasteiger partial charge < -0.3 is 15.4 Å². The maximum absolute atomic E-state index is 12.2. The van der Waals surface area contributed by atoms with Crippen molar-refractivity contribution in [3.63, 3.8) is 0 Å². The Morgan fingerprint density at radius 3 is 2.28 bits per heavy atom. The molecule has 5 heteroatoms. The molecule has 0 spiro atoms. The lowest BCUT2D eigenvalue weighted by atomic mass is 9.78. The Balaban J connectivity index is 1.41. The highest BCUT2D eigenvalue weighted by Crippen LogP contribution is 2.29. The van der Waals surface area contributed by atoms with E-state index in [0.717, 1.165) is 18.6 Å². The zero-order valence-electron chi connectivity index (χ0n) is 17.2. The number of nitrogens with one attached hydrogen (secondary N) is 2. The third-order valence-electron chi connectivity index (χ3n) is 5.75. The second kappa shape index (κ2) is 10.1. The standard InChI is InChI=1S/C24H30N2O3/c1-17-7-6-10-22(18(17)2)26-24(28)16-15-23(27)25-19-11-13-21(14-12-19)29-20-8-4-3-5-9-20/h3-5,8-9,11-14,17-18,22H,6-7,10,15-16H2,1-2H3,(H,25,27)(H,26,28)/t17-,18-,22+/m1/s1. The first-order chi connectivity index (χ1) is 14.0. The van der Waals surface area contributed by atoms with Crippen LogP contribution in [-0.4, -0.2) is 17.9 Å². The van der Waals surface area contributed by atoms with Gasteiger partial charge >= 0.3 is 0 Å². The van der Waals surface area contributed by atoms with E-state index in [9.17, 15) is 9.59 Å². The molecule has 0 bridgehead atoms. The number of para-hydroxylation sites is 1. The van der Waals surface area contributed by atoms with Gasteiger partial charge in [0.05, 0.1) is 0 Å². The molecule has 154 valence electrons. The van der Waals surface area contributed by atoms with Crippen molar-refractivity contribution >= 4 is 17.5 Å². The second-order valence-corrected chi connectivity index (χ2v) is 7.93. The SMILES string of the molecule is C[C@@H]1[C@H](C)CCC[C@@H]1NC(=O)CCC(=O)Nc1ccc(Oc2ccccc2)cc1. The molecule has 0 radical (unpaired) electrons. The number of carbonyl (C=O) groups excluding carboxylic acids is 2. The van der Waals surface area contributed by atoms with Crippen molar-refractivity contribution in [3.05, 3.63) is 54.6 Å². The quantitative estimate of drug-likeness (QED) is 0.683. The first-order valence-corrected chi connectivity index (χ1v) is 10.4. The van der Waals surface area contributed by atoms with Crippen LogP contribution in [0, 0.1) is 11.8 Å². The first kappa shape index (κ1) is 20.9. The monoisotopic (exact) mass is 394 g/mol. The van der Waals surface area contributed by atoms with Gasteiger partial charge in [-0.05, 0) is 54.7 Å². The van der Waals surface area contributed by atoms with Crippen LogP contribution < -0.4 is 15.4 Å². The van der Waals surface area contributed by atoms with Crippen molar-refractivity contribution in [2.45, 2.75) is 52.0 Å². The second-order valence-electron chi connectivity index (χ2n) is 7.93. The number of benzene rings is 2. The number of amides is 2. The molecule has 2 N–H and O–H groups in total. The highest BCUT2D eigenvalue weighted by atomic mass is 16.5. The van der Waals surface area contributed by atoms with Gasteiger partial charge in [-0.15, -0.1) is 0 Å². The molecule has 1 aliphatic rings. The lowest BCUT2D eigenvalue weighted by Gasteiger charge is -2.34. The molecule has 3 rings (SSSR count). The van der Waals surface area contributed by atoms with Crippen molar-refractivity contribution in [1.29, 1.82) is 0 Å². The van der Waals surface area contributed by atoms with Crippen LogP contribution in [0.3, 0.4) is 0 Å².